The zero-order chi connectivity index (χ0) is 11.4. The summed E-state index contributed by atoms with van der Waals surface area (Å²) in [4.78, 5) is 22.2. The SMILES string of the molecule is O=CCCCC=O.[N-]=[N+]=C1C=CC=CC1. The van der Waals surface area contributed by atoms with Crippen LogP contribution >= 0.6 is 0 Å². The van der Waals surface area contributed by atoms with Crippen molar-refractivity contribution in [3.63, 3.8) is 0 Å². The second-order valence-corrected chi connectivity index (χ2v) is 2.85. The fraction of sp³-hybridized carbons (Fsp3) is 0.364. The van der Waals surface area contributed by atoms with E-state index in [1.807, 2.05) is 18.2 Å². The third-order valence-corrected chi connectivity index (χ3v) is 1.64. The van der Waals surface area contributed by atoms with Crippen molar-refractivity contribution in [2.75, 3.05) is 0 Å². The molecule has 0 aliphatic heterocycles. The first-order chi connectivity index (χ1) is 7.35. The number of carbonyl (C=O) groups excluding carboxylic acids is 2. The van der Waals surface area contributed by atoms with Gasteiger partial charge in [0.1, 0.15) is 12.6 Å². The molecule has 1 aliphatic rings. The summed E-state index contributed by atoms with van der Waals surface area (Å²) in [6.07, 6.45) is 11.6. The predicted molar refractivity (Wildman–Crippen MR) is 57.5 cm³/mol. The van der Waals surface area contributed by atoms with Crippen LogP contribution in [0.15, 0.2) is 24.3 Å². The second kappa shape index (κ2) is 10.3. The lowest BCUT2D eigenvalue weighted by Crippen LogP contribution is -1.93. The highest BCUT2D eigenvalue weighted by Gasteiger charge is 1.99. The zero-order valence-corrected chi connectivity index (χ0v) is 8.50. The Labute approximate surface area is 88.9 Å². The van der Waals surface area contributed by atoms with Crippen molar-refractivity contribution < 1.29 is 14.4 Å². The van der Waals surface area contributed by atoms with Crippen molar-refractivity contribution in [2.24, 2.45) is 0 Å². The summed E-state index contributed by atoms with van der Waals surface area (Å²) in [5, 5.41) is 0. The maximum Gasteiger partial charge on any atom is 0.295 e. The Morgan fingerprint density at radius 3 is 2.27 bits per heavy atom. The lowest BCUT2D eigenvalue weighted by molar-refractivity contribution is -0.108. The molecule has 0 radical (unpaired) electrons. The van der Waals surface area contributed by atoms with E-state index in [4.69, 9.17) is 5.53 Å². The van der Waals surface area contributed by atoms with Gasteiger partial charge in [-0.25, -0.2) is 0 Å². The molecule has 0 bridgehead atoms. The number of carbonyl (C=O) groups is 2. The molecule has 15 heavy (non-hydrogen) atoms. The minimum absolute atomic E-state index is 0.513. The maximum absolute atomic E-state index is 9.56. The summed E-state index contributed by atoms with van der Waals surface area (Å²) in [6.45, 7) is 0. The normalized spacial score (nSPS) is 12.4. The minimum atomic E-state index is 0.513. The number of unbranched alkanes of at least 4 members (excludes halogenated alkanes) is 2. The summed E-state index contributed by atoms with van der Waals surface area (Å²) in [6, 6.07) is 0. The summed E-state index contributed by atoms with van der Waals surface area (Å²) < 4.78 is 0. The van der Waals surface area contributed by atoms with Gasteiger partial charge in [0.25, 0.3) is 5.71 Å². The highest BCUT2D eigenvalue weighted by Crippen LogP contribution is 1.94. The van der Waals surface area contributed by atoms with Gasteiger partial charge in [0, 0.05) is 18.9 Å². The van der Waals surface area contributed by atoms with E-state index in [1.54, 1.807) is 6.08 Å². The van der Waals surface area contributed by atoms with Gasteiger partial charge in [0.05, 0.1) is 6.42 Å². The van der Waals surface area contributed by atoms with Crippen LogP contribution in [-0.4, -0.2) is 23.1 Å². The van der Waals surface area contributed by atoms with Crippen LogP contribution in [0.3, 0.4) is 0 Å². The molecule has 0 aromatic rings. The van der Waals surface area contributed by atoms with Gasteiger partial charge in [-0.15, -0.1) is 0 Å². The van der Waals surface area contributed by atoms with E-state index in [9.17, 15) is 9.59 Å². The molecule has 80 valence electrons. The third-order valence-electron chi connectivity index (χ3n) is 1.64. The smallest absolute Gasteiger partial charge is 0.295 e. The molecular formula is C11H14N2O2. The summed E-state index contributed by atoms with van der Waals surface area (Å²) in [7, 11) is 0. The molecule has 0 fully saturated rings. The number of aldehydes is 2. The average molecular weight is 206 g/mol. The monoisotopic (exact) mass is 206 g/mol. The van der Waals surface area contributed by atoms with E-state index in [-0.39, 0.29) is 0 Å². The van der Waals surface area contributed by atoms with E-state index in [2.05, 4.69) is 4.79 Å². The number of hydrogen-bond acceptors (Lipinski definition) is 2. The molecule has 0 spiro atoms. The average Bonchev–Trinajstić information content (AvgIpc) is 2.32. The number of hydrogen-bond donors (Lipinski definition) is 0. The first-order valence-corrected chi connectivity index (χ1v) is 4.76. The topological polar surface area (TPSA) is 70.5 Å². The highest BCUT2D eigenvalue weighted by atomic mass is 16.1. The van der Waals surface area contributed by atoms with Crippen LogP contribution in [0.1, 0.15) is 25.7 Å². The maximum atomic E-state index is 9.56. The van der Waals surface area contributed by atoms with Gasteiger partial charge < -0.3 is 15.1 Å². The van der Waals surface area contributed by atoms with Crippen LogP contribution in [0.5, 0.6) is 0 Å². The molecule has 0 heterocycles. The van der Waals surface area contributed by atoms with Crippen LogP contribution in [-0.2, 0) is 9.59 Å². The highest BCUT2D eigenvalue weighted by molar-refractivity contribution is 5.92. The molecule has 0 saturated carbocycles. The molecule has 1 rings (SSSR count). The summed E-state index contributed by atoms with van der Waals surface area (Å²) >= 11 is 0. The largest absolute Gasteiger partial charge is 0.361 e. The number of rotatable bonds is 4. The standard InChI is InChI=1S/C6H6N2.C5H8O2/c7-8-6-4-2-1-3-5-6;6-4-2-1-3-5-7/h1-4H,5H2;4-5H,1-3H2. The Balaban J connectivity index is 0.000000265. The lowest BCUT2D eigenvalue weighted by atomic mass is 10.2. The first-order valence-electron chi connectivity index (χ1n) is 4.76. The van der Waals surface area contributed by atoms with E-state index in [1.165, 1.54) is 0 Å². The molecule has 0 N–H and O–H groups in total. The molecule has 1 aliphatic carbocycles. The molecule has 0 aromatic carbocycles. The minimum Gasteiger partial charge on any atom is -0.361 e. The molecule has 4 nitrogen and oxygen atoms in total. The Kier molecular flexibility index (Phi) is 9.05. The molecule has 0 aromatic heterocycles. The first kappa shape index (κ1) is 13.2. The second-order valence-electron chi connectivity index (χ2n) is 2.85. The van der Waals surface area contributed by atoms with Crippen molar-refractivity contribution in [3.05, 3.63) is 29.8 Å². The number of nitrogens with zero attached hydrogens (tertiary/aromatic N) is 2. The van der Waals surface area contributed by atoms with Crippen molar-refractivity contribution in [1.29, 1.82) is 0 Å². The van der Waals surface area contributed by atoms with Crippen LogP contribution in [0.2, 0.25) is 0 Å². The third kappa shape index (κ3) is 8.53. The molecule has 0 atom stereocenters. The fourth-order valence-corrected chi connectivity index (χ4v) is 0.861. The van der Waals surface area contributed by atoms with Gasteiger partial charge in [0.2, 0.25) is 0 Å². The van der Waals surface area contributed by atoms with Crippen LogP contribution in [0.25, 0.3) is 5.53 Å². The van der Waals surface area contributed by atoms with Gasteiger partial charge in [-0.2, -0.15) is 4.79 Å². The van der Waals surface area contributed by atoms with Crippen molar-refractivity contribution in [1.82, 2.24) is 0 Å². The van der Waals surface area contributed by atoms with E-state index in [0.717, 1.165) is 19.0 Å². The molecule has 0 amide bonds. The van der Waals surface area contributed by atoms with E-state index in [0.29, 0.717) is 25.0 Å². The van der Waals surface area contributed by atoms with Gasteiger partial charge in [-0.1, -0.05) is 18.2 Å². The molecule has 0 unspecified atom stereocenters. The zero-order valence-electron chi connectivity index (χ0n) is 8.50. The van der Waals surface area contributed by atoms with Gasteiger partial charge in [-0.3, -0.25) is 0 Å². The van der Waals surface area contributed by atoms with E-state index < -0.39 is 0 Å². The molecule has 0 saturated heterocycles. The van der Waals surface area contributed by atoms with Gasteiger partial charge in [-0.05, 0) is 6.42 Å². The Morgan fingerprint density at radius 1 is 1.27 bits per heavy atom. The molecule has 4 heteroatoms. The van der Waals surface area contributed by atoms with Crippen LogP contribution in [0, 0.1) is 0 Å². The van der Waals surface area contributed by atoms with Crippen LogP contribution in [0.4, 0.5) is 0 Å². The summed E-state index contributed by atoms with van der Waals surface area (Å²) in [5.74, 6) is 0. The quantitative estimate of drug-likeness (QED) is 0.304. The van der Waals surface area contributed by atoms with Crippen LogP contribution < -0.4 is 0 Å². The summed E-state index contributed by atoms with van der Waals surface area (Å²) in [5.41, 5.74) is 8.91. The fourth-order valence-electron chi connectivity index (χ4n) is 0.861. The van der Waals surface area contributed by atoms with E-state index >= 15 is 0 Å². The Bertz CT molecular complexity index is 292. The number of allylic oxidation sites excluding steroid dienone is 4. The van der Waals surface area contributed by atoms with Crippen molar-refractivity contribution >= 4 is 18.3 Å². The van der Waals surface area contributed by atoms with Gasteiger partial charge >= 0.3 is 0 Å². The lowest BCUT2D eigenvalue weighted by Gasteiger charge is -1.85. The molecular weight excluding hydrogens is 192 g/mol. The Hall–Kier alpha value is -1.80. The van der Waals surface area contributed by atoms with Crippen molar-refractivity contribution in [3.8, 4) is 0 Å². The predicted octanol–water partition coefficient (Wildman–Crippen LogP) is 1.73. The Morgan fingerprint density at radius 2 is 1.93 bits per heavy atom. The van der Waals surface area contributed by atoms with Gasteiger partial charge in [0.15, 0.2) is 0 Å². The van der Waals surface area contributed by atoms with Crippen molar-refractivity contribution in [2.45, 2.75) is 25.7 Å².